The molecule has 0 unspecified atom stereocenters. The van der Waals surface area contributed by atoms with E-state index >= 15 is 0 Å². The number of halogens is 1. The van der Waals surface area contributed by atoms with Gasteiger partial charge in [0.1, 0.15) is 4.90 Å². The first-order valence-corrected chi connectivity index (χ1v) is 8.39. The molecule has 1 fully saturated rings. The fourth-order valence-electron chi connectivity index (χ4n) is 2.16. The van der Waals surface area contributed by atoms with Gasteiger partial charge in [-0.2, -0.15) is 0 Å². The lowest BCUT2D eigenvalue weighted by Crippen LogP contribution is -2.30. The van der Waals surface area contributed by atoms with Crippen molar-refractivity contribution in [1.82, 2.24) is 9.62 Å². The molecule has 20 heavy (non-hydrogen) atoms. The van der Waals surface area contributed by atoms with Crippen LogP contribution in [0.1, 0.15) is 19.3 Å². The molecule has 0 atom stereocenters. The van der Waals surface area contributed by atoms with Gasteiger partial charge < -0.3 is 4.90 Å². The number of hydrogen-bond acceptors (Lipinski definition) is 3. The summed E-state index contributed by atoms with van der Waals surface area (Å²) in [5.41, 5.74) is 0. The Morgan fingerprint density at radius 2 is 2.05 bits per heavy atom. The Morgan fingerprint density at radius 3 is 2.70 bits per heavy atom. The van der Waals surface area contributed by atoms with Gasteiger partial charge in [-0.1, -0.05) is 23.7 Å². The highest BCUT2D eigenvalue weighted by molar-refractivity contribution is 7.89. The van der Waals surface area contributed by atoms with E-state index in [4.69, 9.17) is 11.6 Å². The third-order valence-electron chi connectivity index (χ3n) is 3.19. The van der Waals surface area contributed by atoms with E-state index in [0.29, 0.717) is 19.4 Å². The maximum Gasteiger partial charge on any atom is 0.242 e. The van der Waals surface area contributed by atoms with Crippen LogP contribution in [0.2, 0.25) is 5.02 Å². The van der Waals surface area contributed by atoms with Crippen LogP contribution in [-0.2, 0) is 14.8 Å². The largest absolute Gasteiger partial charge is 0.343 e. The van der Waals surface area contributed by atoms with Gasteiger partial charge in [0, 0.05) is 26.1 Å². The van der Waals surface area contributed by atoms with Crippen molar-refractivity contribution in [3.63, 3.8) is 0 Å². The van der Waals surface area contributed by atoms with Crippen LogP contribution in [0.15, 0.2) is 29.2 Å². The van der Waals surface area contributed by atoms with Crippen molar-refractivity contribution in [2.45, 2.75) is 24.2 Å². The summed E-state index contributed by atoms with van der Waals surface area (Å²) in [7, 11) is -3.59. The van der Waals surface area contributed by atoms with Crippen LogP contribution in [-0.4, -0.2) is 38.9 Å². The molecule has 7 heteroatoms. The molecule has 1 amide bonds. The highest BCUT2D eigenvalue weighted by Crippen LogP contribution is 2.20. The zero-order chi connectivity index (χ0) is 14.6. The SMILES string of the molecule is O=C1CCCN1CCCNS(=O)(=O)c1ccccc1Cl. The Labute approximate surface area is 124 Å². The number of carbonyl (C=O) groups excluding carboxylic acids is 1. The van der Waals surface area contributed by atoms with Crippen LogP contribution < -0.4 is 4.72 Å². The van der Waals surface area contributed by atoms with Crippen LogP contribution in [0.3, 0.4) is 0 Å². The van der Waals surface area contributed by atoms with Crippen molar-refractivity contribution in [3.05, 3.63) is 29.3 Å². The fraction of sp³-hybridized carbons (Fsp3) is 0.462. The molecule has 2 rings (SSSR count). The first-order valence-electron chi connectivity index (χ1n) is 6.53. The van der Waals surface area contributed by atoms with Gasteiger partial charge in [-0.05, 0) is 25.0 Å². The number of hydrogen-bond donors (Lipinski definition) is 1. The normalized spacial score (nSPS) is 15.8. The quantitative estimate of drug-likeness (QED) is 0.811. The predicted molar refractivity (Wildman–Crippen MR) is 77.1 cm³/mol. The number of carbonyl (C=O) groups is 1. The Kier molecular flexibility index (Phi) is 5.01. The number of benzene rings is 1. The molecule has 110 valence electrons. The highest BCUT2D eigenvalue weighted by Gasteiger charge is 2.20. The first kappa shape index (κ1) is 15.3. The Balaban J connectivity index is 1.84. The number of sulfonamides is 1. The molecule has 5 nitrogen and oxygen atoms in total. The molecule has 0 radical (unpaired) electrons. The lowest BCUT2D eigenvalue weighted by atomic mass is 10.4. The van der Waals surface area contributed by atoms with Crippen molar-refractivity contribution in [1.29, 1.82) is 0 Å². The number of amides is 1. The van der Waals surface area contributed by atoms with E-state index in [0.717, 1.165) is 13.0 Å². The lowest BCUT2D eigenvalue weighted by molar-refractivity contribution is -0.127. The van der Waals surface area contributed by atoms with Gasteiger partial charge in [-0.25, -0.2) is 13.1 Å². The minimum atomic E-state index is -3.59. The van der Waals surface area contributed by atoms with E-state index in [1.807, 2.05) is 0 Å². The van der Waals surface area contributed by atoms with Crippen LogP contribution in [0, 0.1) is 0 Å². The van der Waals surface area contributed by atoms with E-state index in [1.54, 1.807) is 23.1 Å². The first-order chi connectivity index (χ1) is 9.50. The molecule has 0 aromatic heterocycles. The number of nitrogens with one attached hydrogen (secondary N) is 1. The Morgan fingerprint density at radius 1 is 1.30 bits per heavy atom. The third kappa shape index (κ3) is 3.71. The summed E-state index contributed by atoms with van der Waals surface area (Å²) in [6, 6.07) is 6.32. The second kappa shape index (κ2) is 6.56. The summed E-state index contributed by atoms with van der Waals surface area (Å²) in [4.78, 5) is 13.3. The van der Waals surface area contributed by atoms with Gasteiger partial charge in [0.25, 0.3) is 0 Å². The van der Waals surface area contributed by atoms with Gasteiger partial charge in [0.05, 0.1) is 5.02 Å². The summed E-state index contributed by atoms with van der Waals surface area (Å²) in [5, 5.41) is 0.203. The van der Waals surface area contributed by atoms with E-state index in [-0.39, 0.29) is 22.4 Å². The molecule has 0 aliphatic carbocycles. The summed E-state index contributed by atoms with van der Waals surface area (Å²) in [6.07, 6.45) is 2.09. The second-order valence-electron chi connectivity index (χ2n) is 4.67. The summed E-state index contributed by atoms with van der Waals surface area (Å²) in [6.45, 7) is 1.65. The Hall–Kier alpha value is -1.11. The monoisotopic (exact) mass is 316 g/mol. The number of nitrogens with zero attached hydrogens (tertiary/aromatic N) is 1. The zero-order valence-corrected chi connectivity index (χ0v) is 12.6. The maximum atomic E-state index is 12.0. The van der Waals surface area contributed by atoms with Gasteiger partial charge in [0.15, 0.2) is 0 Å². The topological polar surface area (TPSA) is 66.5 Å². The average Bonchev–Trinajstić information content (AvgIpc) is 2.81. The molecule has 1 heterocycles. The molecule has 0 spiro atoms. The molecule has 1 aliphatic rings. The second-order valence-corrected chi connectivity index (χ2v) is 6.81. The molecule has 1 aliphatic heterocycles. The molecule has 1 aromatic carbocycles. The average molecular weight is 317 g/mol. The van der Waals surface area contributed by atoms with E-state index in [9.17, 15) is 13.2 Å². The van der Waals surface area contributed by atoms with Crippen molar-refractivity contribution in [2.75, 3.05) is 19.6 Å². The van der Waals surface area contributed by atoms with E-state index in [2.05, 4.69) is 4.72 Å². The van der Waals surface area contributed by atoms with Crippen molar-refractivity contribution in [3.8, 4) is 0 Å². The summed E-state index contributed by atoms with van der Waals surface area (Å²) in [5.74, 6) is 0.152. The van der Waals surface area contributed by atoms with E-state index in [1.165, 1.54) is 6.07 Å². The van der Waals surface area contributed by atoms with Gasteiger partial charge >= 0.3 is 0 Å². The van der Waals surface area contributed by atoms with Crippen LogP contribution in [0.5, 0.6) is 0 Å². The molecular weight excluding hydrogens is 300 g/mol. The summed E-state index contributed by atoms with van der Waals surface area (Å²) < 4.78 is 26.6. The van der Waals surface area contributed by atoms with Crippen LogP contribution in [0.4, 0.5) is 0 Å². The van der Waals surface area contributed by atoms with Crippen LogP contribution in [0.25, 0.3) is 0 Å². The van der Waals surface area contributed by atoms with Gasteiger partial charge in [-0.15, -0.1) is 0 Å². The highest BCUT2D eigenvalue weighted by atomic mass is 35.5. The van der Waals surface area contributed by atoms with Crippen LogP contribution >= 0.6 is 11.6 Å². The van der Waals surface area contributed by atoms with Crippen molar-refractivity contribution >= 4 is 27.5 Å². The van der Waals surface area contributed by atoms with Crippen molar-refractivity contribution < 1.29 is 13.2 Å². The molecule has 0 bridgehead atoms. The molecule has 1 saturated heterocycles. The molecule has 1 aromatic rings. The number of rotatable bonds is 6. The smallest absolute Gasteiger partial charge is 0.242 e. The maximum absolute atomic E-state index is 12.0. The molecule has 1 N–H and O–H groups in total. The lowest BCUT2D eigenvalue weighted by Gasteiger charge is -2.15. The molecule has 0 saturated carbocycles. The number of likely N-dealkylation sites (tertiary alicyclic amines) is 1. The van der Waals surface area contributed by atoms with E-state index < -0.39 is 10.0 Å². The predicted octanol–water partition coefficient (Wildman–Crippen LogP) is 1.63. The fourth-order valence-corrected chi connectivity index (χ4v) is 3.75. The standard InChI is InChI=1S/C13H17ClN2O3S/c14-11-5-1-2-6-12(11)20(18,19)15-8-4-10-16-9-3-7-13(16)17/h1-2,5-6,15H,3-4,7-10H2. The van der Waals surface area contributed by atoms with Gasteiger partial charge in [-0.3, -0.25) is 4.79 Å². The Bertz CT molecular complexity index is 589. The summed E-state index contributed by atoms with van der Waals surface area (Å²) >= 11 is 5.87. The van der Waals surface area contributed by atoms with Gasteiger partial charge in [0.2, 0.25) is 15.9 Å². The molecular formula is C13H17ClN2O3S. The third-order valence-corrected chi connectivity index (χ3v) is 5.16. The minimum absolute atomic E-state index is 0.0823. The zero-order valence-electron chi connectivity index (χ0n) is 11.0. The minimum Gasteiger partial charge on any atom is -0.343 e. The van der Waals surface area contributed by atoms with Crippen molar-refractivity contribution in [2.24, 2.45) is 0 Å².